The van der Waals surface area contributed by atoms with Crippen LogP contribution in [-0.4, -0.2) is 26.2 Å². The van der Waals surface area contributed by atoms with Gasteiger partial charge in [-0.05, 0) is 57.8 Å². The topological polar surface area (TPSA) is 24.1 Å². The monoisotopic (exact) mass is 184 g/mol. The zero-order valence-corrected chi connectivity index (χ0v) is 8.94. The molecule has 0 aromatic rings. The van der Waals surface area contributed by atoms with Crippen LogP contribution in [0.3, 0.4) is 0 Å². The lowest BCUT2D eigenvalue weighted by Crippen LogP contribution is -2.29. The van der Waals surface area contributed by atoms with Crippen molar-refractivity contribution in [1.82, 2.24) is 10.6 Å². The summed E-state index contributed by atoms with van der Waals surface area (Å²) in [6.45, 7) is 7.15. The summed E-state index contributed by atoms with van der Waals surface area (Å²) in [4.78, 5) is 0. The van der Waals surface area contributed by atoms with Gasteiger partial charge in [0.15, 0.2) is 0 Å². The SMILES string of the molecule is CCCCNCCC1CCNCC1. The maximum Gasteiger partial charge on any atom is -0.00463 e. The molecule has 2 heteroatoms. The highest BCUT2D eigenvalue weighted by Gasteiger charge is 2.11. The smallest absolute Gasteiger partial charge is 0.00463 e. The molecule has 0 bridgehead atoms. The molecular weight excluding hydrogens is 160 g/mol. The van der Waals surface area contributed by atoms with Gasteiger partial charge in [-0.2, -0.15) is 0 Å². The second-order valence-electron chi connectivity index (χ2n) is 4.09. The molecular formula is C11H24N2. The van der Waals surface area contributed by atoms with Crippen molar-refractivity contribution in [2.45, 2.75) is 39.0 Å². The maximum absolute atomic E-state index is 3.51. The van der Waals surface area contributed by atoms with Crippen molar-refractivity contribution in [2.24, 2.45) is 5.92 Å². The first-order valence-electron chi connectivity index (χ1n) is 5.85. The largest absolute Gasteiger partial charge is 0.317 e. The Labute approximate surface area is 82.5 Å². The molecule has 2 nitrogen and oxygen atoms in total. The predicted molar refractivity (Wildman–Crippen MR) is 58.0 cm³/mol. The molecule has 1 heterocycles. The van der Waals surface area contributed by atoms with Gasteiger partial charge in [0.05, 0.1) is 0 Å². The van der Waals surface area contributed by atoms with Gasteiger partial charge in [-0.25, -0.2) is 0 Å². The summed E-state index contributed by atoms with van der Waals surface area (Å²) in [6, 6.07) is 0. The summed E-state index contributed by atoms with van der Waals surface area (Å²) in [5.41, 5.74) is 0. The van der Waals surface area contributed by atoms with Crippen LogP contribution in [0, 0.1) is 5.92 Å². The summed E-state index contributed by atoms with van der Waals surface area (Å²) in [7, 11) is 0. The van der Waals surface area contributed by atoms with Crippen LogP contribution in [0.4, 0.5) is 0 Å². The Hall–Kier alpha value is -0.0800. The zero-order valence-electron chi connectivity index (χ0n) is 8.94. The van der Waals surface area contributed by atoms with Crippen LogP contribution in [0.1, 0.15) is 39.0 Å². The van der Waals surface area contributed by atoms with E-state index in [-0.39, 0.29) is 0 Å². The molecule has 1 aliphatic heterocycles. The Morgan fingerprint density at radius 3 is 2.69 bits per heavy atom. The average Bonchev–Trinajstić information content (AvgIpc) is 2.19. The highest BCUT2D eigenvalue weighted by atomic mass is 14.9. The average molecular weight is 184 g/mol. The lowest BCUT2D eigenvalue weighted by Gasteiger charge is -2.22. The van der Waals surface area contributed by atoms with E-state index in [4.69, 9.17) is 0 Å². The van der Waals surface area contributed by atoms with Crippen molar-refractivity contribution in [3.05, 3.63) is 0 Å². The van der Waals surface area contributed by atoms with Gasteiger partial charge in [0.1, 0.15) is 0 Å². The molecule has 0 radical (unpaired) electrons. The minimum Gasteiger partial charge on any atom is -0.317 e. The minimum absolute atomic E-state index is 0.982. The van der Waals surface area contributed by atoms with Crippen LogP contribution < -0.4 is 10.6 Å². The fourth-order valence-corrected chi connectivity index (χ4v) is 1.90. The first-order valence-corrected chi connectivity index (χ1v) is 5.85. The van der Waals surface area contributed by atoms with Crippen LogP contribution in [-0.2, 0) is 0 Å². The van der Waals surface area contributed by atoms with Crippen LogP contribution in [0.25, 0.3) is 0 Å². The Bertz CT molecular complexity index is 109. The molecule has 0 spiro atoms. The minimum atomic E-state index is 0.982. The van der Waals surface area contributed by atoms with Crippen LogP contribution in [0.2, 0.25) is 0 Å². The van der Waals surface area contributed by atoms with Crippen molar-refractivity contribution >= 4 is 0 Å². The molecule has 1 fully saturated rings. The van der Waals surface area contributed by atoms with Gasteiger partial charge in [0.25, 0.3) is 0 Å². The molecule has 1 aliphatic rings. The highest BCUT2D eigenvalue weighted by Crippen LogP contribution is 2.14. The molecule has 0 atom stereocenters. The number of unbranched alkanes of at least 4 members (excludes halogenated alkanes) is 1. The molecule has 2 N–H and O–H groups in total. The number of hydrogen-bond acceptors (Lipinski definition) is 2. The third kappa shape index (κ3) is 5.27. The molecule has 0 aromatic heterocycles. The fourth-order valence-electron chi connectivity index (χ4n) is 1.90. The summed E-state index contributed by atoms with van der Waals surface area (Å²) < 4.78 is 0. The standard InChI is InChI=1S/C11H24N2/c1-2-3-7-12-8-4-11-5-9-13-10-6-11/h11-13H,2-10H2,1H3. The molecule has 0 saturated carbocycles. The maximum atomic E-state index is 3.51. The van der Waals surface area contributed by atoms with Crippen molar-refractivity contribution < 1.29 is 0 Å². The Balaban J connectivity index is 1.86. The molecule has 13 heavy (non-hydrogen) atoms. The van der Waals surface area contributed by atoms with E-state index in [0.29, 0.717) is 0 Å². The third-order valence-corrected chi connectivity index (χ3v) is 2.90. The van der Waals surface area contributed by atoms with Gasteiger partial charge in [0.2, 0.25) is 0 Å². The normalized spacial score (nSPS) is 19.2. The van der Waals surface area contributed by atoms with E-state index in [2.05, 4.69) is 17.6 Å². The quantitative estimate of drug-likeness (QED) is 0.615. The van der Waals surface area contributed by atoms with Gasteiger partial charge in [-0.3, -0.25) is 0 Å². The van der Waals surface area contributed by atoms with Crippen LogP contribution in [0.15, 0.2) is 0 Å². The summed E-state index contributed by atoms with van der Waals surface area (Å²) in [6.07, 6.45) is 6.78. The van der Waals surface area contributed by atoms with E-state index in [1.54, 1.807) is 0 Å². The number of nitrogens with one attached hydrogen (secondary N) is 2. The van der Waals surface area contributed by atoms with E-state index < -0.39 is 0 Å². The van der Waals surface area contributed by atoms with Gasteiger partial charge in [-0.15, -0.1) is 0 Å². The van der Waals surface area contributed by atoms with Gasteiger partial charge in [-0.1, -0.05) is 13.3 Å². The van der Waals surface area contributed by atoms with Crippen molar-refractivity contribution in [2.75, 3.05) is 26.2 Å². The van der Waals surface area contributed by atoms with Crippen molar-refractivity contribution in [3.8, 4) is 0 Å². The predicted octanol–water partition coefficient (Wildman–Crippen LogP) is 1.77. The lowest BCUT2D eigenvalue weighted by molar-refractivity contribution is 0.348. The highest BCUT2D eigenvalue weighted by molar-refractivity contribution is 4.69. The van der Waals surface area contributed by atoms with E-state index >= 15 is 0 Å². The van der Waals surface area contributed by atoms with E-state index in [1.807, 2.05) is 0 Å². The number of hydrogen-bond donors (Lipinski definition) is 2. The van der Waals surface area contributed by atoms with Crippen molar-refractivity contribution in [3.63, 3.8) is 0 Å². The Kier molecular flexibility index (Phi) is 6.21. The van der Waals surface area contributed by atoms with Crippen LogP contribution >= 0.6 is 0 Å². The second kappa shape index (κ2) is 7.34. The lowest BCUT2D eigenvalue weighted by atomic mass is 9.95. The molecule has 0 unspecified atom stereocenters. The second-order valence-corrected chi connectivity index (χ2v) is 4.09. The summed E-state index contributed by atoms with van der Waals surface area (Å²) in [5, 5.41) is 6.92. The molecule has 1 saturated heterocycles. The first kappa shape index (κ1) is 11.0. The summed E-state index contributed by atoms with van der Waals surface area (Å²) in [5.74, 6) is 0.982. The van der Waals surface area contributed by atoms with Crippen molar-refractivity contribution in [1.29, 1.82) is 0 Å². The zero-order chi connectivity index (χ0) is 9.36. The third-order valence-electron chi connectivity index (χ3n) is 2.90. The molecule has 1 rings (SSSR count). The van der Waals surface area contributed by atoms with Crippen LogP contribution in [0.5, 0.6) is 0 Å². The number of piperidine rings is 1. The molecule has 0 amide bonds. The Morgan fingerprint density at radius 1 is 1.23 bits per heavy atom. The fraction of sp³-hybridized carbons (Fsp3) is 1.00. The van der Waals surface area contributed by atoms with E-state index in [1.165, 1.54) is 58.3 Å². The van der Waals surface area contributed by atoms with E-state index in [9.17, 15) is 0 Å². The van der Waals surface area contributed by atoms with Gasteiger partial charge < -0.3 is 10.6 Å². The molecule has 0 aliphatic carbocycles. The first-order chi connectivity index (χ1) is 6.43. The summed E-state index contributed by atoms with van der Waals surface area (Å²) >= 11 is 0. The van der Waals surface area contributed by atoms with Gasteiger partial charge in [0, 0.05) is 0 Å². The number of rotatable bonds is 6. The molecule has 0 aromatic carbocycles. The van der Waals surface area contributed by atoms with Gasteiger partial charge >= 0.3 is 0 Å². The van der Waals surface area contributed by atoms with E-state index in [0.717, 1.165) is 5.92 Å². The molecule has 78 valence electrons. The Morgan fingerprint density at radius 2 is 2.00 bits per heavy atom.